The number of rotatable bonds is 11. The van der Waals surface area contributed by atoms with Crippen LogP contribution in [0.4, 0.5) is 0 Å². The molecule has 1 rings (SSSR count). The molecular weight excluding hydrogens is 318 g/mol. The van der Waals surface area contributed by atoms with Crippen LogP contribution in [0, 0.1) is 5.92 Å². The van der Waals surface area contributed by atoms with Crippen molar-refractivity contribution >= 4 is 5.97 Å². The van der Waals surface area contributed by atoms with Crippen molar-refractivity contribution in [2.24, 2.45) is 5.92 Å². The number of phenolic OH excluding ortho intramolecular Hbond substituents is 1. The van der Waals surface area contributed by atoms with Gasteiger partial charge in [-0.2, -0.15) is 0 Å². The summed E-state index contributed by atoms with van der Waals surface area (Å²) < 4.78 is 11.2. The fraction of sp³-hybridized carbons (Fsp3) is 0.650. The number of nitrogens with zero attached hydrogens (tertiary/aromatic N) is 1. The number of carbonyl (C=O) groups is 1. The Kier molecular flexibility index (Phi) is 9.35. The predicted octanol–water partition coefficient (Wildman–Crippen LogP) is 4.09. The molecular formula is C20H33NO4. The molecule has 25 heavy (non-hydrogen) atoms. The van der Waals surface area contributed by atoms with E-state index in [4.69, 9.17) is 9.47 Å². The lowest BCUT2D eigenvalue weighted by atomic mass is 10.0. The van der Waals surface area contributed by atoms with E-state index in [2.05, 4.69) is 32.6 Å². The molecule has 0 aliphatic carbocycles. The van der Waals surface area contributed by atoms with Crippen molar-refractivity contribution < 1.29 is 19.4 Å². The smallest absolute Gasteiger partial charge is 0.341 e. The van der Waals surface area contributed by atoms with Gasteiger partial charge in [-0.3, -0.25) is 4.90 Å². The van der Waals surface area contributed by atoms with Gasteiger partial charge in [0.05, 0.1) is 6.61 Å². The lowest BCUT2D eigenvalue weighted by Crippen LogP contribution is -2.40. The number of hydrogen-bond acceptors (Lipinski definition) is 5. The molecule has 1 atom stereocenters. The largest absolute Gasteiger partial charge is 0.508 e. The normalized spacial score (nSPS) is 12.4. The van der Waals surface area contributed by atoms with Gasteiger partial charge in [0.1, 0.15) is 23.7 Å². The molecule has 0 fully saturated rings. The van der Waals surface area contributed by atoms with E-state index in [9.17, 15) is 9.90 Å². The molecule has 0 heterocycles. The van der Waals surface area contributed by atoms with Gasteiger partial charge in [0.2, 0.25) is 0 Å². The lowest BCUT2D eigenvalue weighted by molar-refractivity contribution is 0.0327. The Morgan fingerprint density at radius 3 is 2.44 bits per heavy atom. The van der Waals surface area contributed by atoms with Crippen LogP contribution in [0.5, 0.6) is 11.5 Å². The Hall–Kier alpha value is -1.75. The monoisotopic (exact) mass is 351 g/mol. The molecule has 0 unspecified atom stereocenters. The maximum atomic E-state index is 12.5. The van der Waals surface area contributed by atoms with Crippen molar-refractivity contribution in [2.75, 3.05) is 26.3 Å². The molecule has 0 bridgehead atoms. The Balaban J connectivity index is 2.82. The summed E-state index contributed by atoms with van der Waals surface area (Å²) in [7, 11) is 0. The molecule has 0 saturated carbocycles. The minimum absolute atomic E-state index is 0.0727. The fourth-order valence-electron chi connectivity index (χ4n) is 2.87. The quantitative estimate of drug-likeness (QED) is 0.608. The van der Waals surface area contributed by atoms with E-state index < -0.39 is 5.97 Å². The number of aromatic hydroxyl groups is 1. The molecule has 0 saturated heterocycles. The number of hydrogen-bond donors (Lipinski definition) is 1. The summed E-state index contributed by atoms with van der Waals surface area (Å²) in [5, 5.41) is 9.63. The van der Waals surface area contributed by atoms with Crippen molar-refractivity contribution in [3.63, 3.8) is 0 Å². The highest BCUT2D eigenvalue weighted by molar-refractivity contribution is 5.92. The van der Waals surface area contributed by atoms with Crippen LogP contribution in [0.25, 0.3) is 0 Å². The highest BCUT2D eigenvalue weighted by atomic mass is 16.5. The molecule has 5 heteroatoms. The van der Waals surface area contributed by atoms with Gasteiger partial charge in [0, 0.05) is 12.1 Å². The van der Waals surface area contributed by atoms with E-state index in [1.807, 2.05) is 6.92 Å². The van der Waals surface area contributed by atoms with Crippen LogP contribution in [-0.4, -0.2) is 48.3 Å². The highest BCUT2D eigenvalue weighted by Gasteiger charge is 2.21. The molecule has 1 aromatic carbocycles. The number of ether oxygens (including phenoxy) is 2. The van der Waals surface area contributed by atoms with Gasteiger partial charge < -0.3 is 14.6 Å². The first kappa shape index (κ1) is 21.3. The van der Waals surface area contributed by atoms with Crippen LogP contribution in [0.15, 0.2) is 18.2 Å². The van der Waals surface area contributed by atoms with Gasteiger partial charge in [-0.1, -0.05) is 34.6 Å². The van der Waals surface area contributed by atoms with E-state index in [1.165, 1.54) is 12.1 Å². The molecule has 1 aromatic rings. The summed E-state index contributed by atoms with van der Waals surface area (Å²) in [6, 6.07) is 4.70. The molecule has 0 aromatic heterocycles. The van der Waals surface area contributed by atoms with Gasteiger partial charge in [0.15, 0.2) is 0 Å². The number of benzene rings is 1. The van der Waals surface area contributed by atoms with Crippen LogP contribution >= 0.6 is 0 Å². The van der Waals surface area contributed by atoms with E-state index >= 15 is 0 Å². The SMILES string of the molecule is CCCOc1cc(O)ccc1C(=O)OC[C@H](CC(C)C)N(CC)CC. The standard InChI is InChI=1S/C20H33NO4/c1-6-11-24-19-13-17(22)9-10-18(19)20(23)25-14-16(12-15(4)5)21(7-2)8-3/h9-10,13,15-16,22H,6-8,11-12,14H2,1-5H3/t16-/m0/s1. The van der Waals surface area contributed by atoms with E-state index in [-0.39, 0.29) is 11.8 Å². The molecule has 0 aliphatic rings. The third-order valence-corrected chi connectivity index (χ3v) is 4.13. The Labute approximate surface area is 151 Å². The second kappa shape index (κ2) is 11.0. The first-order chi connectivity index (χ1) is 11.9. The van der Waals surface area contributed by atoms with Crippen LogP contribution in [0.3, 0.4) is 0 Å². The summed E-state index contributed by atoms with van der Waals surface area (Å²) in [6.45, 7) is 13.3. The summed E-state index contributed by atoms with van der Waals surface area (Å²) in [4.78, 5) is 14.8. The maximum Gasteiger partial charge on any atom is 0.341 e. The second-order valence-electron chi connectivity index (χ2n) is 6.63. The number of esters is 1. The Morgan fingerprint density at radius 2 is 1.88 bits per heavy atom. The van der Waals surface area contributed by atoms with Gasteiger partial charge >= 0.3 is 5.97 Å². The van der Waals surface area contributed by atoms with Crippen molar-refractivity contribution in [2.45, 2.75) is 53.5 Å². The topological polar surface area (TPSA) is 59.0 Å². The number of phenols is 1. The number of likely N-dealkylation sites (N-methyl/N-ethyl adjacent to an activating group) is 1. The third-order valence-electron chi connectivity index (χ3n) is 4.13. The average Bonchev–Trinajstić information content (AvgIpc) is 2.58. The van der Waals surface area contributed by atoms with Gasteiger partial charge in [-0.05, 0) is 44.0 Å². The molecule has 142 valence electrons. The van der Waals surface area contributed by atoms with Gasteiger partial charge in [-0.15, -0.1) is 0 Å². The maximum absolute atomic E-state index is 12.5. The van der Waals surface area contributed by atoms with Crippen LogP contribution in [-0.2, 0) is 4.74 Å². The highest BCUT2D eigenvalue weighted by Crippen LogP contribution is 2.25. The summed E-state index contributed by atoms with van der Waals surface area (Å²) in [6.07, 6.45) is 1.80. The van der Waals surface area contributed by atoms with E-state index in [0.29, 0.717) is 30.4 Å². The zero-order valence-corrected chi connectivity index (χ0v) is 16.2. The average molecular weight is 351 g/mol. The van der Waals surface area contributed by atoms with Crippen molar-refractivity contribution in [1.82, 2.24) is 4.90 Å². The summed E-state index contributed by atoms with van der Waals surface area (Å²) in [5.41, 5.74) is 0.356. The molecule has 5 nitrogen and oxygen atoms in total. The lowest BCUT2D eigenvalue weighted by Gasteiger charge is -2.30. The Bertz CT molecular complexity index is 526. The predicted molar refractivity (Wildman–Crippen MR) is 100 cm³/mol. The third kappa shape index (κ3) is 6.94. The summed E-state index contributed by atoms with van der Waals surface area (Å²) in [5.74, 6) is 0.562. The Morgan fingerprint density at radius 1 is 1.20 bits per heavy atom. The van der Waals surface area contributed by atoms with E-state index in [0.717, 1.165) is 25.9 Å². The molecule has 0 aliphatic heterocycles. The zero-order valence-electron chi connectivity index (χ0n) is 16.2. The van der Waals surface area contributed by atoms with Crippen molar-refractivity contribution in [1.29, 1.82) is 0 Å². The minimum atomic E-state index is -0.410. The van der Waals surface area contributed by atoms with E-state index in [1.54, 1.807) is 6.07 Å². The van der Waals surface area contributed by atoms with Gasteiger partial charge in [0.25, 0.3) is 0 Å². The fourth-order valence-corrected chi connectivity index (χ4v) is 2.87. The zero-order chi connectivity index (χ0) is 18.8. The van der Waals surface area contributed by atoms with Gasteiger partial charge in [-0.25, -0.2) is 4.79 Å². The molecule has 1 N–H and O–H groups in total. The van der Waals surface area contributed by atoms with Crippen molar-refractivity contribution in [3.8, 4) is 11.5 Å². The minimum Gasteiger partial charge on any atom is -0.508 e. The first-order valence-corrected chi connectivity index (χ1v) is 9.29. The molecule has 0 radical (unpaired) electrons. The van der Waals surface area contributed by atoms with Crippen molar-refractivity contribution in [3.05, 3.63) is 23.8 Å². The van der Waals surface area contributed by atoms with Crippen LogP contribution < -0.4 is 4.74 Å². The van der Waals surface area contributed by atoms with Crippen LogP contribution in [0.2, 0.25) is 0 Å². The number of carbonyl (C=O) groups excluding carboxylic acids is 1. The molecule has 0 amide bonds. The van der Waals surface area contributed by atoms with Crippen LogP contribution in [0.1, 0.15) is 57.8 Å². The summed E-state index contributed by atoms with van der Waals surface area (Å²) >= 11 is 0. The first-order valence-electron chi connectivity index (χ1n) is 9.29. The molecule has 0 spiro atoms. The second-order valence-corrected chi connectivity index (χ2v) is 6.63.